The molecule has 5 rings (SSSR count). The maximum atomic E-state index is 11.9. The lowest BCUT2D eigenvalue weighted by molar-refractivity contribution is 0.307. The van der Waals surface area contributed by atoms with Crippen molar-refractivity contribution >= 4 is 23.5 Å². The first kappa shape index (κ1) is 38.0. The molecule has 3 aliphatic rings. The van der Waals surface area contributed by atoms with Crippen molar-refractivity contribution in [3.63, 3.8) is 0 Å². The third-order valence-corrected chi connectivity index (χ3v) is 15.7. The fraction of sp³-hybridized carbons (Fsp3) is 0.727. The van der Waals surface area contributed by atoms with E-state index in [0.29, 0.717) is 22.0 Å². The minimum atomic E-state index is 0.0470. The topological polar surface area (TPSA) is 40.5 Å². The van der Waals surface area contributed by atoms with Crippen LogP contribution in [-0.4, -0.2) is 20.7 Å². The first-order valence-corrected chi connectivity index (χ1v) is 21.8. The summed E-state index contributed by atoms with van der Waals surface area (Å²) in [5, 5.41) is 24.9. The maximum absolute atomic E-state index is 11.9. The second-order valence-electron chi connectivity index (χ2n) is 18.6. The highest BCUT2D eigenvalue weighted by molar-refractivity contribution is 7.99. The van der Waals surface area contributed by atoms with Gasteiger partial charge in [-0.15, -0.1) is 11.8 Å². The fourth-order valence-electron chi connectivity index (χ4n) is 8.86. The lowest BCUT2D eigenvalue weighted by Gasteiger charge is -2.36. The van der Waals surface area contributed by atoms with E-state index in [1.54, 1.807) is 0 Å². The highest BCUT2D eigenvalue weighted by Crippen LogP contribution is 2.48. The molecule has 3 saturated carbocycles. The van der Waals surface area contributed by atoms with Gasteiger partial charge in [0.25, 0.3) is 0 Å². The standard InChI is InChI=1S/C44H68O2S2/c1-41(2,3)33-25-31(39(45)35(27-33)43(7)21-15-11-16-22-43)29-47-37-19-13-9-10-14-20-38(37)48-30-32-26-34(42(4,5)6)28-36(40(32)46)44(8)23-17-12-18-24-44/h25-28,37-38,45-46H,9-24,29-30H2,1-8H3/p+1. The molecule has 0 radical (unpaired) electrons. The summed E-state index contributed by atoms with van der Waals surface area (Å²) in [6, 6.07) is 9.38. The molecular formula is C44H69O2S2+. The maximum Gasteiger partial charge on any atom is 0.134 e. The summed E-state index contributed by atoms with van der Waals surface area (Å²) in [5.74, 6) is 2.96. The Labute approximate surface area is 303 Å². The molecule has 2 aromatic rings. The van der Waals surface area contributed by atoms with E-state index >= 15 is 0 Å². The molecule has 2 atom stereocenters. The first-order valence-electron chi connectivity index (χ1n) is 19.6. The number of phenols is 2. The van der Waals surface area contributed by atoms with Crippen LogP contribution in [0.5, 0.6) is 11.5 Å². The highest BCUT2D eigenvalue weighted by atomic mass is 32.2. The third-order valence-electron chi connectivity index (χ3n) is 12.4. The SMILES string of the molecule is CC(C)(C)c1cc(CSC2CCCCCCC2[SH+]Cc2cc(C(C)(C)C)cc(C3(C)CCCCC3)c2O)c(O)c(C2(C)CCCCC2)c1. The van der Waals surface area contributed by atoms with Crippen LogP contribution in [0.3, 0.4) is 0 Å². The summed E-state index contributed by atoms with van der Waals surface area (Å²) in [5.41, 5.74) is 7.70. The molecule has 4 heteroatoms. The predicted molar refractivity (Wildman–Crippen MR) is 214 cm³/mol. The van der Waals surface area contributed by atoms with E-state index in [9.17, 15) is 10.2 Å². The molecule has 2 aromatic carbocycles. The van der Waals surface area contributed by atoms with Gasteiger partial charge < -0.3 is 10.2 Å². The zero-order valence-electron chi connectivity index (χ0n) is 31.9. The number of rotatable bonds is 8. The van der Waals surface area contributed by atoms with Crippen LogP contribution < -0.4 is 0 Å². The van der Waals surface area contributed by atoms with E-state index in [1.165, 1.54) is 137 Å². The number of aromatic hydroxyl groups is 2. The number of benzene rings is 2. The van der Waals surface area contributed by atoms with Crippen molar-refractivity contribution in [2.45, 2.75) is 202 Å². The molecule has 268 valence electrons. The van der Waals surface area contributed by atoms with Gasteiger partial charge in [-0.1, -0.05) is 131 Å². The largest absolute Gasteiger partial charge is 0.507 e. The van der Waals surface area contributed by atoms with Gasteiger partial charge in [-0.05, 0) is 95.6 Å². The van der Waals surface area contributed by atoms with Crippen LogP contribution in [-0.2, 0) is 44.9 Å². The summed E-state index contributed by atoms with van der Waals surface area (Å²) in [4.78, 5) is 0. The molecule has 0 saturated heterocycles. The second kappa shape index (κ2) is 15.5. The number of hydrogen-bond acceptors (Lipinski definition) is 3. The summed E-state index contributed by atoms with van der Waals surface area (Å²) in [6.07, 6.45) is 20.2. The average molecular weight is 694 g/mol. The smallest absolute Gasteiger partial charge is 0.134 e. The molecule has 2 unspecified atom stereocenters. The number of phenolic OH excluding ortho intramolecular Hbond substituents is 2. The van der Waals surface area contributed by atoms with Gasteiger partial charge in [-0.25, -0.2) is 0 Å². The summed E-state index contributed by atoms with van der Waals surface area (Å²) in [6.45, 7) is 18.7. The van der Waals surface area contributed by atoms with Crippen molar-refractivity contribution in [2.75, 3.05) is 0 Å². The Morgan fingerprint density at radius 1 is 0.625 bits per heavy atom. The van der Waals surface area contributed by atoms with Gasteiger partial charge >= 0.3 is 0 Å². The van der Waals surface area contributed by atoms with Crippen molar-refractivity contribution < 1.29 is 10.2 Å². The van der Waals surface area contributed by atoms with Crippen molar-refractivity contribution in [3.05, 3.63) is 57.6 Å². The summed E-state index contributed by atoms with van der Waals surface area (Å²) in [7, 11) is 0. The molecule has 3 aliphatic carbocycles. The van der Waals surface area contributed by atoms with Crippen molar-refractivity contribution in [1.82, 2.24) is 0 Å². The quantitative estimate of drug-likeness (QED) is 0.214. The number of thiol groups is 1. The third kappa shape index (κ3) is 8.96. The molecular weight excluding hydrogens is 625 g/mol. The Hall–Kier alpha value is -1.26. The van der Waals surface area contributed by atoms with Gasteiger partial charge in [0.1, 0.15) is 22.5 Å². The average Bonchev–Trinajstić information content (AvgIpc) is 3.01. The predicted octanol–water partition coefficient (Wildman–Crippen LogP) is 12.5. The minimum absolute atomic E-state index is 0.0470. The van der Waals surface area contributed by atoms with Crippen LogP contribution in [0.2, 0.25) is 0 Å². The number of hydrogen-bond donors (Lipinski definition) is 2. The van der Waals surface area contributed by atoms with Crippen LogP contribution in [0, 0.1) is 0 Å². The van der Waals surface area contributed by atoms with Crippen LogP contribution in [0.1, 0.15) is 192 Å². The Bertz CT molecular complexity index is 1260. The molecule has 48 heavy (non-hydrogen) atoms. The fourth-order valence-corrected chi connectivity index (χ4v) is 12.1. The van der Waals surface area contributed by atoms with Crippen LogP contribution in [0.25, 0.3) is 0 Å². The van der Waals surface area contributed by atoms with Crippen LogP contribution in [0.15, 0.2) is 24.3 Å². The Morgan fingerprint density at radius 3 is 1.56 bits per heavy atom. The lowest BCUT2D eigenvalue weighted by Crippen LogP contribution is -2.28. The monoisotopic (exact) mass is 693 g/mol. The van der Waals surface area contributed by atoms with E-state index in [1.807, 2.05) is 0 Å². The van der Waals surface area contributed by atoms with E-state index in [4.69, 9.17) is 0 Å². The Kier molecular flexibility index (Phi) is 12.3. The van der Waals surface area contributed by atoms with Gasteiger partial charge in [0.2, 0.25) is 0 Å². The first-order chi connectivity index (χ1) is 22.6. The molecule has 2 N–H and O–H groups in total. The molecule has 0 bridgehead atoms. The second-order valence-corrected chi connectivity index (χ2v) is 21.1. The van der Waals surface area contributed by atoms with Gasteiger partial charge in [-0.3, -0.25) is 0 Å². The Morgan fingerprint density at radius 2 is 1.06 bits per heavy atom. The van der Waals surface area contributed by atoms with Gasteiger partial charge in [0.05, 0.1) is 5.25 Å². The van der Waals surface area contributed by atoms with E-state index < -0.39 is 0 Å². The summed E-state index contributed by atoms with van der Waals surface area (Å²) < 4.78 is 0. The van der Waals surface area contributed by atoms with Crippen molar-refractivity contribution in [3.8, 4) is 11.5 Å². The van der Waals surface area contributed by atoms with Crippen LogP contribution >= 0.6 is 11.8 Å². The van der Waals surface area contributed by atoms with E-state index in [2.05, 4.69) is 91.4 Å². The van der Waals surface area contributed by atoms with Gasteiger partial charge in [0.15, 0.2) is 0 Å². The number of thioether (sulfide) groups is 1. The Balaban J connectivity index is 1.40. The molecule has 0 aromatic heterocycles. The molecule has 0 spiro atoms. The van der Waals surface area contributed by atoms with Crippen LogP contribution in [0.4, 0.5) is 0 Å². The van der Waals surface area contributed by atoms with Gasteiger partial charge in [-0.2, -0.15) is 0 Å². The minimum Gasteiger partial charge on any atom is -0.507 e. The normalized spacial score (nSPS) is 23.8. The molecule has 0 amide bonds. The zero-order valence-corrected chi connectivity index (χ0v) is 33.7. The van der Waals surface area contributed by atoms with Crippen molar-refractivity contribution in [1.29, 1.82) is 0 Å². The zero-order chi connectivity index (χ0) is 34.7. The highest BCUT2D eigenvalue weighted by Gasteiger charge is 2.37. The van der Waals surface area contributed by atoms with E-state index in [-0.39, 0.29) is 21.7 Å². The molecule has 3 fully saturated rings. The molecule has 0 aliphatic heterocycles. The van der Waals surface area contributed by atoms with Crippen molar-refractivity contribution in [2.24, 2.45) is 0 Å². The molecule has 0 heterocycles. The van der Waals surface area contributed by atoms with E-state index in [0.717, 1.165) is 22.6 Å². The molecule has 2 nitrogen and oxygen atoms in total. The summed E-state index contributed by atoms with van der Waals surface area (Å²) >= 11 is 3.56. The van der Waals surface area contributed by atoms with Gasteiger partial charge in [0, 0.05) is 28.0 Å². The lowest BCUT2D eigenvalue weighted by atomic mass is 9.69.